The van der Waals surface area contributed by atoms with Crippen LogP contribution in [-0.2, 0) is 31.5 Å². The molecular weight excluding hydrogens is 711 g/mol. The zero-order valence-corrected chi connectivity index (χ0v) is 31.2. The molecule has 9 nitrogen and oxygen atoms in total. The van der Waals surface area contributed by atoms with Gasteiger partial charge in [-0.2, -0.15) is 0 Å². The van der Waals surface area contributed by atoms with Crippen LogP contribution in [0.3, 0.4) is 0 Å². The molecule has 1 unspecified atom stereocenters. The number of aryl methyl sites for hydroxylation is 2. The predicted octanol–water partition coefficient (Wildman–Crippen LogP) is 7.52. The van der Waals surface area contributed by atoms with Crippen LogP contribution >= 0.6 is 7.82 Å². The third-order valence-corrected chi connectivity index (χ3v) is 11.6. The largest absolute Gasteiger partial charge is 0.756 e. The minimum atomic E-state index is -5.15. The molecule has 280 valence electrons. The van der Waals surface area contributed by atoms with Gasteiger partial charge >= 0.3 is 0 Å². The molecule has 2 amide bonds. The van der Waals surface area contributed by atoms with Crippen molar-refractivity contribution >= 4 is 84.3 Å². The monoisotopic (exact) mass is 753 g/mol. The highest BCUT2D eigenvalue weighted by Crippen LogP contribution is 2.38. The van der Waals surface area contributed by atoms with E-state index in [1.807, 2.05) is 0 Å². The number of rotatable bonds is 16. The average molecular weight is 754 g/mol. The summed E-state index contributed by atoms with van der Waals surface area (Å²) in [6.07, 6.45) is 2.86. The number of carbonyl (C=O) groups is 2. The number of aliphatic hydroxyl groups is 1. The van der Waals surface area contributed by atoms with Crippen LogP contribution in [0.5, 0.6) is 0 Å². The first-order valence-electron chi connectivity index (χ1n) is 18.7. The Morgan fingerprint density at radius 1 is 0.600 bits per heavy atom. The Hall–Kier alpha value is -5.15. The second kappa shape index (κ2) is 15.2. The molecule has 0 radical (unpaired) electrons. The first kappa shape index (κ1) is 36.8. The van der Waals surface area contributed by atoms with Crippen molar-refractivity contribution < 1.29 is 33.6 Å². The van der Waals surface area contributed by atoms with Gasteiger partial charge in [-0.15, -0.1) is 0 Å². The maximum absolute atomic E-state index is 13.1. The predicted molar refractivity (Wildman–Crippen MR) is 217 cm³/mol. The van der Waals surface area contributed by atoms with E-state index in [4.69, 9.17) is 4.52 Å². The fourth-order valence-corrected chi connectivity index (χ4v) is 8.63. The van der Waals surface area contributed by atoms with Crippen LogP contribution in [0.4, 0.5) is 0 Å². The van der Waals surface area contributed by atoms with Crippen molar-refractivity contribution in [3.63, 3.8) is 0 Å². The third kappa shape index (κ3) is 7.59. The van der Waals surface area contributed by atoms with Crippen molar-refractivity contribution in [1.82, 2.24) is 10.6 Å². The summed E-state index contributed by atoms with van der Waals surface area (Å²) in [7, 11) is -5.15. The first-order valence-corrected chi connectivity index (χ1v) is 20.2. The molecular formula is C45H42N2O7P-. The average Bonchev–Trinajstić information content (AvgIpc) is 3.19. The molecule has 0 heterocycles. The fourth-order valence-electron chi connectivity index (χ4n) is 8.20. The molecule has 0 aromatic heterocycles. The molecule has 0 fully saturated rings. The number of phosphoric ester groups is 1. The van der Waals surface area contributed by atoms with Gasteiger partial charge in [0, 0.05) is 25.9 Å². The molecule has 8 aromatic carbocycles. The van der Waals surface area contributed by atoms with Gasteiger partial charge in [-0.25, -0.2) is 0 Å². The topological polar surface area (TPSA) is 148 Å². The Labute approximate surface area is 318 Å². The summed E-state index contributed by atoms with van der Waals surface area (Å²) in [4.78, 5) is 47.0. The number of hydrogen-bond donors (Lipinski definition) is 4. The molecule has 1 atom stereocenters. The van der Waals surface area contributed by atoms with Gasteiger partial charge in [-0.3, -0.25) is 14.2 Å². The third-order valence-electron chi connectivity index (χ3n) is 11.1. The number of phosphoric acid groups is 1. The summed E-state index contributed by atoms with van der Waals surface area (Å²) in [5, 5.41) is 30.4. The van der Waals surface area contributed by atoms with Gasteiger partial charge in [0.1, 0.15) is 0 Å². The van der Waals surface area contributed by atoms with Gasteiger partial charge in [0.25, 0.3) is 7.82 Å². The van der Waals surface area contributed by atoms with Gasteiger partial charge in [-0.05, 0) is 101 Å². The first-order chi connectivity index (χ1) is 26.6. The number of aliphatic hydroxyl groups excluding tert-OH is 1. The summed E-state index contributed by atoms with van der Waals surface area (Å²) < 4.78 is 16.2. The van der Waals surface area contributed by atoms with E-state index in [1.54, 1.807) is 0 Å². The minimum absolute atomic E-state index is 0.177. The summed E-state index contributed by atoms with van der Waals surface area (Å²) in [5.41, 5.74) is 0.895. The van der Waals surface area contributed by atoms with Crippen LogP contribution in [0.1, 0.15) is 36.8 Å². The highest BCUT2D eigenvalue weighted by molar-refractivity contribution is 7.44. The van der Waals surface area contributed by atoms with Crippen LogP contribution in [0.25, 0.3) is 64.6 Å². The highest BCUT2D eigenvalue weighted by Gasteiger charge is 2.33. The zero-order chi connectivity index (χ0) is 38.2. The van der Waals surface area contributed by atoms with Crippen molar-refractivity contribution in [2.24, 2.45) is 5.41 Å². The van der Waals surface area contributed by atoms with Crippen molar-refractivity contribution in [3.05, 3.63) is 120 Å². The quantitative estimate of drug-likeness (QED) is 0.0590. The molecule has 55 heavy (non-hydrogen) atoms. The van der Waals surface area contributed by atoms with E-state index in [9.17, 15) is 29.0 Å². The highest BCUT2D eigenvalue weighted by atomic mass is 31.2. The zero-order valence-electron chi connectivity index (χ0n) is 30.3. The second-order valence-corrected chi connectivity index (χ2v) is 16.0. The molecule has 10 heteroatoms. The van der Waals surface area contributed by atoms with E-state index >= 15 is 0 Å². The molecule has 0 spiro atoms. The van der Waals surface area contributed by atoms with Crippen LogP contribution in [-0.4, -0.2) is 48.1 Å². The maximum Gasteiger partial charge on any atom is 0.265 e. The van der Waals surface area contributed by atoms with Crippen LogP contribution < -0.4 is 15.5 Å². The number of hydrogen-bond acceptors (Lipinski definition) is 6. The molecule has 0 bridgehead atoms. The van der Waals surface area contributed by atoms with Crippen molar-refractivity contribution in [2.45, 2.75) is 38.5 Å². The molecule has 0 saturated carbocycles. The Morgan fingerprint density at radius 2 is 0.982 bits per heavy atom. The van der Waals surface area contributed by atoms with Gasteiger partial charge < -0.3 is 30.1 Å². The summed E-state index contributed by atoms with van der Waals surface area (Å²) >= 11 is 0. The molecule has 8 aromatic rings. The van der Waals surface area contributed by atoms with Gasteiger partial charge in [0.2, 0.25) is 11.8 Å². The number of amides is 2. The normalized spacial score (nSPS) is 13.4. The van der Waals surface area contributed by atoms with Crippen molar-refractivity contribution in [2.75, 3.05) is 26.3 Å². The Bertz CT molecular complexity index is 2520. The van der Waals surface area contributed by atoms with Gasteiger partial charge in [-0.1, -0.05) is 109 Å². The smallest absolute Gasteiger partial charge is 0.265 e. The van der Waals surface area contributed by atoms with E-state index in [1.165, 1.54) is 53.9 Å². The summed E-state index contributed by atoms with van der Waals surface area (Å²) in [6, 6.07) is 38.2. The van der Waals surface area contributed by atoms with E-state index in [2.05, 4.69) is 120 Å². The standard InChI is InChI=1S/C45H43N2O7P/c48-27-45(28-54-55(51,52)53,25-46-39(49)11-3-5-29-13-15-35-19-17-31-7-1-9-33-21-23-37(29)43(35)41(31)33)26-47-40(50)12-4-6-30-14-16-36-20-18-32-8-2-10-34-22-24-38(30)44(36)42(32)34/h1-2,7-10,13-24,48H,3-6,11-12,25-28H2,(H,46,49)(H,47,50)(H2,51,52,53)/p-1. The van der Waals surface area contributed by atoms with E-state index in [0.29, 0.717) is 25.7 Å². The molecule has 0 aliphatic rings. The molecule has 0 aliphatic heterocycles. The van der Waals surface area contributed by atoms with Crippen molar-refractivity contribution in [1.29, 1.82) is 0 Å². The van der Waals surface area contributed by atoms with Crippen LogP contribution in [0, 0.1) is 5.41 Å². The number of benzene rings is 8. The van der Waals surface area contributed by atoms with Crippen LogP contribution in [0.15, 0.2) is 109 Å². The van der Waals surface area contributed by atoms with Crippen LogP contribution in [0.2, 0.25) is 0 Å². The number of carbonyl (C=O) groups excluding carboxylic acids is 2. The maximum atomic E-state index is 13.1. The van der Waals surface area contributed by atoms with E-state index in [-0.39, 0.29) is 37.7 Å². The number of nitrogens with one attached hydrogen (secondary N) is 2. The Balaban J connectivity index is 0.874. The SMILES string of the molecule is O=C(CCCc1ccc2ccc3cccc4ccc1c2c34)NCC(CO)(CNC(=O)CCCc1ccc2ccc3cccc4ccc1c2c34)COP(=O)([O-])O. The Kier molecular flexibility index (Phi) is 10.2. The summed E-state index contributed by atoms with van der Waals surface area (Å²) in [5.74, 6) is -0.575. The van der Waals surface area contributed by atoms with E-state index < -0.39 is 26.5 Å². The second-order valence-electron chi connectivity index (χ2n) is 14.8. The minimum Gasteiger partial charge on any atom is -0.756 e. The van der Waals surface area contributed by atoms with Gasteiger partial charge in [0.05, 0.1) is 18.6 Å². The van der Waals surface area contributed by atoms with Gasteiger partial charge in [0.15, 0.2) is 0 Å². The molecule has 0 saturated heterocycles. The summed E-state index contributed by atoms with van der Waals surface area (Å²) in [6.45, 7) is -1.60. The van der Waals surface area contributed by atoms with Crippen molar-refractivity contribution in [3.8, 4) is 0 Å². The lowest BCUT2D eigenvalue weighted by atomic mass is 9.89. The lowest BCUT2D eigenvalue weighted by Gasteiger charge is -2.33. The lowest BCUT2D eigenvalue weighted by molar-refractivity contribution is -0.222. The lowest BCUT2D eigenvalue weighted by Crippen LogP contribution is -2.50. The fraction of sp³-hybridized carbons (Fsp3) is 0.244. The molecule has 8 rings (SSSR count). The Morgan fingerprint density at radius 3 is 1.38 bits per heavy atom. The molecule has 0 aliphatic carbocycles. The molecule has 4 N–H and O–H groups in total. The van der Waals surface area contributed by atoms with E-state index in [0.717, 1.165) is 21.9 Å².